The molecule has 0 atom stereocenters. The number of aryl methyl sites for hydroxylation is 1. The molecule has 0 bridgehead atoms. The molecule has 110 valence electrons. The Morgan fingerprint density at radius 3 is 3.00 bits per heavy atom. The van der Waals surface area contributed by atoms with E-state index >= 15 is 0 Å². The van der Waals surface area contributed by atoms with Crippen molar-refractivity contribution >= 4 is 21.4 Å². The van der Waals surface area contributed by atoms with Gasteiger partial charge in [-0.3, -0.25) is 4.68 Å². The van der Waals surface area contributed by atoms with Gasteiger partial charge in [-0.15, -0.1) is 16.4 Å². The molecule has 2 aromatic heterocycles. The Labute approximate surface area is 122 Å². The fourth-order valence-corrected chi connectivity index (χ4v) is 4.26. The third kappa shape index (κ3) is 3.85. The SMILES string of the molecule is CNCc1sccc1S(=O)(=O)NCCCn1ccnn1. The molecule has 9 heteroatoms. The molecule has 0 unspecified atom stereocenters. The first kappa shape index (κ1) is 15.1. The predicted molar refractivity (Wildman–Crippen MR) is 76.9 cm³/mol. The highest BCUT2D eigenvalue weighted by molar-refractivity contribution is 7.89. The van der Waals surface area contributed by atoms with Crippen LogP contribution in [0.25, 0.3) is 0 Å². The third-order valence-corrected chi connectivity index (χ3v) is 5.26. The Kier molecular flexibility index (Phi) is 5.24. The Morgan fingerprint density at radius 1 is 1.45 bits per heavy atom. The number of nitrogens with zero attached hydrogens (tertiary/aromatic N) is 3. The van der Waals surface area contributed by atoms with Crippen LogP contribution in [0.3, 0.4) is 0 Å². The van der Waals surface area contributed by atoms with Crippen molar-refractivity contribution in [2.75, 3.05) is 13.6 Å². The molecule has 0 spiro atoms. The van der Waals surface area contributed by atoms with Crippen LogP contribution in [-0.4, -0.2) is 37.0 Å². The van der Waals surface area contributed by atoms with Gasteiger partial charge in [-0.25, -0.2) is 13.1 Å². The van der Waals surface area contributed by atoms with Gasteiger partial charge >= 0.3 is 0 Å². The quantitative estimate of drug-likeness (QED) is 0.690. The fourth-order valence-electron chi connectivity index (χ4n) is 1.74. The average Bonchev–Trinajstić information content (AvgIpc) is 3.06. The van der Waals surface area contributed by atoms with Gasteiger partial charge in [-0.05, 0) is 24.9 Å². The van der Waals surface area contributed by atoms with E-state index in [1.807, 2.05) is 0 Å². The second-order valence-corrected chi connectivity index (χ2v) is 6.89. The van der Waals surface area contributed by atoms with Gasteiger partial charge in [0.15, 0.2) is 0 Å². The van der Waals surface area contributed by atoms with Crippen molar-refractivity contribution in [2.45, 2.75) is 24.4 Å². The number of aromatic nitrogens is 3. The minimum Gasteiger partial charge on any atom is -0.315 e. The van der Waals surface area contributed by atoms with E-state index in [-0.39, 0.29) is 0 Å². The van der Waals surface area contributed by atoms with Crippen molar-refractivity contribution in [3.63, 3.8) is 0 Å². The number of rotatable bonds is 8. The summed E-state index contributed by atoms with van der Waals surface area (Å²) in [5.74, 6) is 0. The van der Waals surface area contributed by atoms with Crippen molar-refractivity contribution in [2.24, 2.45) is 0 Å². The Morgan fingerprint density at radius 2 is 2.30 bits per heavy atom. The van der Waals surface area contributed by atoms with Gasteiger partial charge in [0, 0.05) is 30.7 Å². The second-order valence-electron chi connectivity index (χ2n) is 4.16. The zero-order valence-electron chi connectivity index (χ0n) is 11.1. The molecule has 2 heterocycles. The lowest BCUT2D eigenvalue weighted by molar-refractivity contribution is 0.542. The molecule has 2 aromatic rings. The van der Waals surface area contributed by atoms with Crippen LogP contribution in [0.5, 0.6) is 0 Å². The maximum atomic E-state index is 12.2. The topological polar surface area (TPSA) is 88.9 Å². The molecule has 0 aliphatic rings. The predicted octanol–water partition coefficient (Wildman–Crippen LogP) is 0.428. The van der Waals surface area contributed by atoms with Gasteiger partial charge in [0.25, 0.3) is 0 Å². The van der Waals surface area contributed by atoms with Crippen LogP contribution in [0.4, 0.5) is 0 Å². The molecule has 0 aliphatic carbocycles. The standard InChI is InChI=1S/C11H17N5O2S2/c1-12-9-10-11(3-8-19-10)20(17,18)14-4-2-6-16-7-5-13-15-16/h3,5,7-8,12,14H,2,4,6,9H2,1H3. The van der Waals surface area contributed by atoms with Gasteiger partial charge in [-0.1, -0.05) is 5.21 Å². The number of sulfonamides is 1. The van der Waals surface area contributed by atoms with E-state index in [0.29, 0.717) is 31.0 Å². The van der Waals surface area contributed by atoms with E-state index in [1.165, 1.54) is 11.3 Å². The van der Waals surface area contributed by atoms with Crippen molar-refractivity contribution in [3.05, 3.63) is 28.7 Å². The largest absolute Gasteiger partial charge is 0.315 e. The van der Waals surface area contributed by atoms with Crippen LogP contribution < -0.4 is 10.0 Å². The summed E-state index contributed by atoms with van der Waals surface area (Å²) in [6.45, 7) is 1.55. The summed E-state index contributed by atoms with van der Waals surface area (Å²) in [6.07, 6.45) is 4.01. The van der Waals surface area contributed by atoms with E-state index in [0.717, 1.165) is 4.88 Å². The van der Waals surface area contributed by atoms with Crippen molar-refractivity contribution in [3.8, 4) is 0 Å². The zero-order valence-corrected chi connectivity index (χ0v) is 12.7. The van der Waals surface area contributed by atoms with Crippen LogP contribution in [0.15, 0.2) is 28.7 Å². The lowest BCUT2D eigenvalue weighted by Crippen LogP contribution is -2.26. The molecule has 0 amide bonds. The first-order valence-electron chi connectivity index (χ1n) is 6.18. The van der Waals surface area contributed by atoms with E-state index < -0.39 is 10.0 Å². The Balaban J connectivity index is 1.88. The Hall–Kier alpha value is -1.29. The summed E-state index contributed by atoms with van der Waals surface area (Å²) >= 11 is 1.43. The molecule has 0 aliphatic heterocycles. The molecule has 2 N–H and O–H groups in total. The van der Waals surface area contributed by atoms with E-state index in [4.69, 9.17) is 0 Å². The van der Waals surface area contributed by atoms with Gasteiger partial charge in [0.2, 0.25) is 10.0 Å². The summed E-state index contributed by atoms with van der Waals surface area (Å²) < 4.78 is 28.7. The van der Waals surface area contributed by atoms with Crippen LogP contribution >= 0.6 is 11.3 Å². The molecule has 0 radical (unpaired) electrons. The van der Waals surface area contributed by atoms with Gasteiger partial charge < -0.3 is 5.32 Å². The first-order valence-corrected chi connectivity index (χ1v) is 8.54. The van der Waals surface area contributed by atoms with E-state index in [2.05, 4.69) is 20.4 Å². The Bertz CT molecular complexity index is 621. The molecule has 20 heavy (non-hydrogen) atoms. The number of thiophene rings is 1. The van der Waals surface area contributed by atoms with Crippen molar-refractivity contribution in [1.82, 2.24) is 25.0 Å². The lowest BCUT2D eigenvalue weighted by Gasteiger charge is -2.07. The van der Waals surface area contributed by atoms with E-state index in [1.54, 1.807) is 35.6 Å². The monoisotopic (exact) mass is 315 g/mol. The zero-order chi connectivity index (χ0) is 14.4. The molecular weight excluding hydrogens is 298 g/mol. The molecular formula is C11H17N5O2S2. The maximum absolute atomic E-state index is 12.2. The minimum absolute atomic E-state index is 0.359. The minimum atomic E-state index is -3.44. The van der Waals surface area contributed by atoms with Gasteiger partial charge in [0.1, 0.15) is 0 Å². The van der Waals surface area contributed by atoms with E-state index in [9.17, 15) is 8.42 Å². The first-order chi connectivity index (χ1) is 9.63. The molecule has 0 aromatic carbocycles. The molecule has 2 rings (SSSR count). The maximum Gasteiger partial charge on any atom is 0.241 e. The normalized spacial score (nSPS) is 11.8. The van der Waals surface area contributed by atoms with Crippen LogP contribution in [0.2, 0.25) is 0 Å². The molecule has 0 saturated heterocycles. The highest BCUT2D eigenvalue weighted by Crippen LogP contribution is 2.21. The summed E-state index contributed by atoms with van der Waals surface area (Å²) in [7, 11) is -1.64. The lowest BCUT2D eigenvalue weighted by atomic mass is 10.4. The summed E-state index contributed by atoms with van der Waals surface area (Å²) in [5, 5.41) is 12.3. The summed E-state index contributed by atoms with van der Waals surface area (Å²) in [6, 6.07) is 1.64. The summed E-state index contributed by atoms with van der Waals surface area (Å²) in [4.78, 5) is 1.17. The second kappa shape index (κ2) is 6.93. The molecule has 7 nitrogen and oxygen atoms in total. The fraction of sp³-hybridized carbons (Fsp3) is 0.455. The van der Waals surface area contributed by atoms with Crippen LogP contribution in [0.1, 0.15) is 11.3 Å². The average molecular weight is 315 g/mol. The third-order valence-electron chi connectivity index (χ3n) is 2.66. The highest BCUT2D eigenvalue weighted by atomic mass is 32.2. The van der Waals surface area contributed by atoms with Crippen LogP contribution in [0, 0.1) is 0 Å². The van der Waals surface area contributed by atoms with Crippen LogP contribution in [-0.2, 0) is 23.1 Å². The highest BCUT2D eigenvalue weighted by Gasteiger charge is 2.18. The number of hydrogen-bond acceptors (Lipinski definition) is 6. The molecule has 0 saturated carbocycles. The van der Waals surface area contributed by atoms with Crippen molar-refractivity contribution in [1.29, 1.82) is 0 Å². The van der Waals surface area contributed by atoms with Gasteiger partial charge in [-0.2, -0.15) is 0 Å². The smallest absolute Gasteiger partial charge is 0.241 e. The number of nitrogens with one attached hydrogen (secondary N) is 2. The summed E-state index contributed by atoms with van der Waals surface area (Å²) in [5.41, 5.74) is 0. The number of hydrogen-bond donors (Lipinski definition) is 2. The van der Waals surface area contributed by atoms with Gasteiger partial charge in [0.05, 0.1) is 11.1 Å². The molecule has 0 fully saturated rings. The van der Waals surface area contributed by atoms with Crippen molar-refractivity contribution < 1.29 is 8.42 Å².